The lowest BCUT2D eigenvalue weighted by Crippen LogP contribution is -1.98. The molecule has 0 aromatic heterocycles. The van der Waals surface area contributed by atoms with Crippen molar-refractivity contribution in [1.82, 2.24) is 0 Å². The van der Waals surface area contributed by atoms with Crippen LogP contribution in [-0.2, 0) is 4.79 Å². The summed E-state index contributed by atoms with van der Waals surface area (Å²) < 4.78 is 0. The molecule has 3 nitrogen and oxygen atoms in total. The first-order valence-corrected chi connectivity index (χ1v) is 4.95. The highest BCUT2D eigenvalue weighted by Gasteiger charge is 1.99. The summed E-state index contributed by atoms with van der Waals surface area (Å²) >= 11 is 0. The topological polar surface area (TPSA) is 61.2 Å². The molecule has 3 heteroatoms. The van der Waals surface area contributed by atoms with Crippen molar-refractivity contribution < 1.29 is 9.90 Å². The predicted octanol–water partition coefficient (Wildman–Crippen LogP) is 2.84. The first-order chi connectivity index (χ1) is 6.16. The lowest BCUT2D eigenvalue weighted by Gasteiger charge is -2.01. The van der Waals surface area contributed by atoms with E-state index in [9.17, 15) is 4.79 Å². The van der Waals surface area contributed by atoms with Crippen LogP contribution in [0.25, 0.3) is 0 Å². The summed E-state index contributed by atoms with van der Waals surface area (Å²) in [6.07, 6.45) is 5.63. The Morgan fingerprint density at radius 1 is 1.15 bits per heavy atom. The van der Waals surface area contributed by atoms with Crippen LogP contribution in [0, 0.1) is 5.41 Å². The van der Waals surface area contributed by atoms with Gasteiger partial charge in [-0.1, -0.05) is 13.3 Å². The van der Waals surface area contributed by atoms with Gasteiger partial charge >= 0.3 is 5.97 Å². The van der Waals surface area contributed by atoms with E-state index in [1.165, 1.54) is 0 Å². The number of carbonyl (C=O) groups is 1. The first kappa shape index (κ1) is 12.1. The third-order valence-corrected chi connectivity index (χ3v) is 1.95. The van der Waals surface area contributed by atoms with E-state index in [4.69, 9.17) is 10.5 Å². The Bertz CT molecular complexity index is 166. The number of carboxylic acids is 1. The highest BCUT2D eigenvalue weighted by Crippen LogP contribution is 2.05. The molecule has 0 aliphatic rings. The molecule has 0 aliphatic heterocycles. The molecule has 0 aromatic carbocycles. The van der Waals surface area contributed by atoms with Gasteiger partial charge in [-0.3, -0.25) is 4.79 Å². The highest BCUT2D eigenvalue weighted by molar-refractivity contribution is 5.81. The van der Waals surface area contributed by atoms with Crippen molar-refractivity contribution in [1.29, 1.82) is 5.41 Å². The van der Waals surface area contributed by atoms with Gasteiger partial charge in [0.25, 0.3) is 0 Å². The van der Waals surface area contributed by atoms with Crippen molar-refractivity contribution in [2.45, 2.75) is 51.9 Å². The number of nitrogens with one attached hydrogen (secondary N) is 1. The van der Waals surface area contributed by atoms with Crippen molar-refractivity contribution >= 4 is 11.7 Å². The molecular weight excluding hydrogens is 166 g/mol. The molecule has 0 radical (unpaired) electrons. The smallest absolute Gasteiger partial charge is 0.303 e. The minimum Gasteiger partial charge on any atom is -0.481 e. The minimum absolute atomic E-state index is 0.237. The zero-order chi connectivity index (χ0) is 10.1. The highest BCUT2D eigenvalue weighted by atomic mass is 16.4. The van der Waals surface area contributed by atoms with Crippen LogP contribution in [0.1, 0.15) is 51.9 Å². The van der Waals surface area contributed by atoms with Crippen LogP contribution >= 0.6 is 0 Å². The number of carboxylic acid groups (broad SMARTS) is 1. The van der Waals surface area contributed by atoms with Crippen LogP contribution in [-0.4, -0.2) is 16.8 Å². The van der Waals surface area contributed by atoms with E-state index >= 15 is 0 Å². The Labute approximate surface area is 79.7 Å². The van der Waals surface area contributed by atoms with Gasteiger partial charge in [0.05, 0.1) is 0 Å². The quantitative estimate of drug-likeness (QED) is 0.451. The molecule has 0 fully saturated rings. The number of rotatable bonds is 8. The molecule has 0 saturated heterocycles. The molecule has 0 spiro atoms. The third-order valence-electron chi connectivity index (χ3n) is 1.95. The second kappa shape index (κ2) is 7.77. The van der Waals surface area contributed by atoms with Crippen molar-refractivity contribution in [3.8, 4) is 0 Å². The molecule has 0 aromatic rings. The SMILES string of the molecule is CCCCC(=N)CCCCC(=O)O. The Hall–Kier alpha value is -0.860. The van der Waals surface area contributed by atoms with Gasteiger partial charge in [0.1, 0.15) is 0 Å². The summed E-state index contributed by atoms with van der Waals surface area (Å²) in [7, 11) is 0. The number of unbranched alkanes of at least 4 members (excludes halogenated alkanes) is 2. The van der Waals surface area contributed by atoms with E-state index in [1.54, 1.807) is 0 Å². The second-order valence-corrected chi connectivity index (χ2v) is 3.31. The van der Waals surface area contributed by atoms with E-state index in [2.05, 4.69) is 6.92 Å². The molecule has 0 rings (SSSR count). The van der Waals surface area contributed by atoms with Crippen LogP contribution in [0.15, 0.2) is 0 Å². The van der Waals surface area contributed by atoms with Gasteiger partial charge in [0.15, 0.2) is 0 Å². The van der Waals surface area contributed by atoms with Crippen LogP contribution in [0.5, 0.6) is 0 Å². The van der Waals surface area contributed by atoms with Gasteiger partial charge in [0, 0.05) is 12.1 Å². The monoisotopic (exact) mass is 185 g/mol. The van der Waals surface area contributed by atoms with Crippen LogP contribution < -0.4 is 0 Å². The molecule has 13 heavy (non-hydrogen) atoms. The Morgan fingerprint density at radius 3 is 2.23 bits per heavy atom. The Kier molecular flexibility index (Phi) is 7.26. The molecule has 0 amide bonds. The van der Waals surface area contributed by atoms with Gasteiger partial charge in [-0.05, 0) is 32.1 Å². The Balaban J connectivity index is 3.22. The normalized spacial score (nSPS) is 9.92. The number of hydrogen-bond acceptors (Lipinski definition) is 2. The summed E-state index contributed by atoms with van der Waals surface area (Å²) in [6, 6.07) is 0. The minimum atomic E-state index is -0.736. The van der Waals surface area contributed by atoms with Gasteiger partial charge in [0.2, 0.25) is 0 Å². The van der Waals surface area contributed by atoms with Crippen LogP contribution in [0.2, 0.25) is 0 Å². The van der Waals surface area contributed by atoms with E-state index in [-0.39, 0.29) is 6.42 Å². The summed E-state index contributed by atoms with van der Waals surface area (Å²) in [6.45, 7) is 2.11. The average molecular weight is 185 g/mol. The molecule has 0 aliphatic carbocycles. The number of aliphatic carboxylic acids is 1. The van der Waals surface area contributed by atoms with Crippen molar-refractivity contribution in [2.75, 3.05) is 0 Å². The summed E-state index contributed by atoms with van der Waals surface area (Å²) in [5.41, 5.74) is 0.771. The average Bonchev–Trinajstić information content (AvgIpc) is 2.08. The van der Waals surface area contributed by atoms with Crippen molar-refractivity contribution in [3.05, 3.63) is 0 Å². The largest absolute Gasteiger partial charge is 0.481 e. The van der Waals surface area contributed by atoms with Crippen LogP contribution in [0.3, 0.4) is 0 Å². The van der Waals surface area contributed by atoms with Gasteiger partial charge in [-0.2, -0.15) is 0 Å². The van der Waals surface area contributed by atoms with E-state index < -0.39 is 5.97 Å². The zero-order valence-corrected chi connectivity index (χ0v) is 8.31. The maximum atomic E-state index is 10.2. The fourth-order valence-corrected chi connectivity index (χ4v) is 1.13. The molecule has 0 unspecified atom stereocenters. The zero-order valence-electron chi connectivity index (χ0n) is 8.31. The molecule has 0 bridgehead atoms. The second-order valence-electron chi connectivity index (χ2n) is 3.31. The third kappa shape index (κ3) is 9.05. The lowest BCUT2D eigenvalue weighted by molar-refractivity contribution is -0.137. The standard InChI is InChI=1S/C10H19NO2/c1-2-3-6-9(11)7-4-5-8-10(12)13/h11H,2-8H2,1H3,(H,12,13). The van der Waals surface area contributed by atoms with Gasteiger partial charge < -0.3 is 10.5 Å². The fourth-order valence-electron chi connectivity index (χ4n) is 1.13. The van der Waals surface area contributed by atoms with Crippen molar-refractivity contribution in [2.24, 2.45) is 0 Å². The summed E-state index contributed by atoms with van der Waals surface area (Å²) in [5, 5.41) is 15.9. The predicted molar refractivity (Wildman–Crippen MR) is 53.4 cm³/mol. The summed E-state index contributed by atoms with van der Waals surface area (Å²) in [5.74, 6) is -0.736. The van der Waals surface area contributed by atoms with Gasteiger partial charge in [-0.25, -0.2) is 0 Å². The number of hydrogen-bond donors (Lipinski definition) is 2. The first-order valence-electron chi connectivity index (χ1n) is 4.95. The van der Waals surface area contributed by atoms with E-state index in [0.29, 0.717) is 6.42 Å². The maximum Gasteiger partial charge on any atom is 0.303 e. The molecule has 0 atom stereocenters. The maximum absolute atomic E-state index is 10.2. The van der Waals surface area contributed by atoms with Gasteiger partial charge in [-0.15, -0.1) is 0 Å². The lowest BCUT2D eigenvalue weighted by atomic mass is 10.1. The molecular formula is C10H19NO2. The Morgan fingerprint density at radius 2 is 1.69 bits per heavy atom. The fraction of sp³-hybridized carbons (Fsp3) is 0.800. The van der Waals surface area contributed by atoms with Crippen LogP contribution in [0.4, 0.5) is 0 Å². The van der Waals surface area contributed by atoms with E-state index in [0.717, 1.165) is 37.8 Å². The summed E-state index contributed by atoms with van der Waals surface area (Å²) in [4.78, 5) is 10.2. The van der Waals surface area contributed by atoms with Crippen molar-refractivity contribution in [3.63, 3.8) is 0 Å². The molecule has 0 heterocycles. The molecule has 0 saturated carbocycles. The molecule has 76 valence electrons. The molecule has 2 N–H and O–H groups in total. The van der Waals surface area contributed by atoms with E-state index in [1.807, 2.05) is 0 Å².